The molecule has 1 aromatic heterocycles. The number of hydrogen-bond acceptors (Lipinski definition) is 3. The Labute approximate surface area is 131 Å². The molecule has 0 aliphatic carbocycles. The van der Waals surface area contributed by atoms with Crippen molar-refractivity contribution in [1.29, 1.82) is 0 Å². The number of carbonyl (C=O) groups excluding carboxylic acids is 2. The molecule has 1 spiro atoms. The van der Waals surface area contributed by atoms with Crippen LogP contribution in [0.1, 0.15) is 39.0 Å². The molecule has 1 aromatic rings. The lowest BCUT2D eigenvalue weighted by Crippen LogP contribution is -2.61. The number of nitrogens with zero attached hydrogens (tertiary/aromatic N) is 4. The fourth-order valence-corrected chi connectivity index (χ4v) is 3.89. The fourth-order valence-electron chi connectivity index (χ4n) is 3.89. The van der Waals surface area contributed by atoms with Crippen molar-refractivity contribution in [3.63, 3.8) is 0 Å². The number of likely N-dealkylation sites (tertiary alicyclic amines) is 2. The van der Waals surface area contributed by atoms with Crippen LogP contribution < -0.4 is 0 Å². The van der Waals surface area contributed by atoms with Gasteiger partial charge in [0.05, 0.1) is 0 Å². The van der Waals surface area contributed by atoms with Crippen LogP contribution in [0.4, 0.5) is 0 Å². The summed E-state index contributed by atoms with van der Waals surface area (Å²) in [5, 5.41) is 4.10. The molecule has 0 saturated carbocycles. The van der Waals surface area contributed by atoms with Gasteiger partial charge in [0.15, 0.2) is 0 Å². The number of hydrogen-bond donors (Lipinski definition) is 0. The lowest BCUT2D eigenvalue weighted by Gasteiger charge is -2.44. The van der Waals surface area contributed by atoms with Gasteiger partial charge in [0.25, 0.3) is 0 Å². The van der Waals surface area contributed by atoms with Crippen molar-refractivity contribution in [1.82, 2.24) is 19.6 Å². The number of rotatable bonds is 4. The Morgan fingerprint density at radius 2 is 2.09 bits per heavy atom. The molecule has 2 aliphatic rings. The molecule has 0 aromatic carbocycles. The predicted molar refractivity (Wildman–Crippen MR) is 82.0 cm³/mol. The molecule has 0 N–H and O–H groups in total. The summed E-state index contributed by atoms with van der Waals surface area (Å²) in [5.74, 6) is 0.166. The molecule has 3 rings (SSSR count). The summed E-state index contributed by atoms with van der Waals surface area (Å²) >= 11 is 0. The SMILES string of the molecule is CCCN1CCCC2(CCCN2C(=O)Cn2cccn2)C1=O. The topological polar surface area (TPSA) is 58.4 Å². The first kappa shape index (κ1) is 15.1. The largest absolute Gasteiger partial charge is 0.341 e. The van der Waals surface area contributed by atoms with E-state index in [0.717, 1.165) is 45.2 Å². The summed E-state index contributed by atoms with van der Waals surface area (Å²) in [6.45, 7) is 4.61. The molecule has 2 amide bonds. The number of piperidine rings is 1. The highest BCUT2D eigenvalue weighted by Gasteiger charge is 2.52. The standard InChI is InChI=1S/C16H24N4O2/c1-2-9-18-10-3-6-16(15(18)22)7-4-12-20(16)14(21)13-19-11-5-8-17-19/h5,8,11H,2-4,6-7,9-10,12-13H2,1H3. The van der Waals surface area contributed by atoms with Crippen molar-refractivity contribution in [2.75, 3.05) is 19.6 Å². The quantitative estimate of drug-likeness (QED) is 0.842. The second kappa shape index (κ2) is 6.10. The van der Waals surface area contributed by atoms with Crippen molar-refractivity contribution < 1.29 is 9.59 Å². The van der Waals surface area contributed by atoms with Gasteiger partial charge in [-0.1, -0.05) is 6.92 Å². The van der Waals surface area contributed by atoms with E-state index in [1.54, 1.807) is 17.1 Å². The fraction of sp³-hybridized carbons (Fsp3) is 0.688. The van der Waals surface area contributed by atoms with Gasteiger partial charge in [-0.2, -0.15) is 5.10 Å². The van der Waals surface area contributed by atoms with Gasteiger partial charge in [-0.05, 0) is 38.2 Å². The van der Waals surface area contributed by atoms with Crippen molar-refractivity contribution in [2.24, 2.45) is 0 Å². The Kier molecular flexibility index (Phi) is 4.18. The van der Waals surface area contributed by atoms with Crippen molar-refractivity contribution in [3.8, 4) is 0 Å². The number of aromatic nitrogens is 2. The molecule has 6 heteroatoms. The first-order valence-corrected chi connectivity index (χ1v) is 8.24. The molecule has 0 radical (unpaired) electrons. The summed E-state index contributed by atoms with van der Waals surface area (Å²) in [4.78, 5) is 29.4. The maximum absolute atomic E-state index is 13.0. The monoisotopic (exact) mass is 304 g/mol. The van der Waals surface area contributed by atoms with E-state index < -0.39 is 5.54 Å². The number of amides is 2. The third-order valence-electron chi connectivity index (χ3n) is 4.84. The van der Waals surface area contributed by atoms with E-state index in [2.05, 4.69) is 12.0 Å². The molecule has 3 heterocycles. The Morgan fingerprint density at radius 1 is 1.32 bits per heavy atom. The lowest BCUT2D eigenvalue weighted by atomic mass is 9.85. The van der Waals surface area contributed by atoms with Gasteiger partial charge in [-0.3, -0.25) is 14.3 Å². The molecule has 6 nitrogen and oxygen atoms in total. The van der Waals surface area contributed by atoms with Crippen molar-refractivity contribution >= 4 is 11.8 Å². The Hall–Kier alpha value is -1.85. The minimum atomic E-state index is -0.586. The highest BCUT2D eigenvalue weighted by Crippen LogP contribution is 2.38. The molecular formula is C16H24N4O2. The average Bonchev–Trinajstić information content (AvgIpc) is 3.14. The minimum absolute atomic E-state index is 0.00731. The van der Waals surface area contributed by atoms with Crippen LogP contribution in [0, 0.1) is 0 Å². The van der Waals surface area contributed by atoms with Gasteiger partial charge in [-0.25, -0.2) is 0 Å². The van der Waals surface area contributed by atoms with E-state index in [0.29, 0.717) is 6.54 Å². The molecule has 120 valence electrons. The zero-order chi connectivity index (χ0) is 15.6. The van der Waals surface area contributed by atoms with Crippen molar-refractivity contribution in [3.05, 3.63) is 18.5 Å². The summed E-state index contributed by atoms with van der Waals surface area (Å²) in [6, 6.07) is 1.81. The normalized spacial score (nSPS) is 25.2. The van der Waals surface area contributed by atoms with Crippen LogP contribution >= 0.6 is 0 Å². The summed E-state index contributed by atoms with van der Waals surface area (Å²) in [7, 11) is 0. The van der Waals surface area contributed by atoms with Crippen LogP contribution in [0.25, 0.3) is 0 Å². The maximum atomic E-state index is 13.0. The lowest BCUT2D eigenvalue weighted by molar-refractivity contribution is -0.155. The van der Waals surface area contributed by atoms with Gasteiger partial charge in [0.2, 0.25) is 11.8 Å². The van der Waals surface area contributed by atoms with E-state index in [4.69, 9.17) is 0 Å². The zero-order valence-corrected chi connectivity index (χ0v) is 13.2. The second-order valence-corrected chi connectivity index (χ2v) is 6.28. The van der Waals surface area contributed by atoms with Crippen LogP contribution in [0.2, 0.25) is 0 Å². The van der Waals surface area contributed by atoms with Gasteiger partial charge in [-0.15, -0.1) is 0 Å². The minimum Gasteiger partial charge on any atom is -0.341 e. The zero-order valence-electron chi connectivity index (χ0n) is 13.2. The highest BCUT2D eigenvalue weighted by molar-refractivity contribution is 5.92. The first-order chi connectivity index (χ1) is 10.7. The van der Waals surface area contributed by atoms with Gasteiger partial charge >= 0.3 is 0 Å². The molecule has 2 fully saturated rings. The Morgan fingerprint density at radius 3 is 2.77 bits per heavy atom. The van der Waals surface area contributed by atoms with E-state index in [1.807, 2.05) is 15.9 Å². The van der Waals surface area contributed by atoms with Crippen LogP contribution in [0.15, 0.2) is 18.5 Å². The van der Waals surface area contributed by atoms with Crippen LogP contribution in [0.5, 0.6) is 0 Å². The smallest absolute Gasteiger partial charge is 0.248 e. The molecular weight excluding hydrogens is 280 g/mol. The Bertz CT molecular complexity index is 540. The van der Waals surface area contributed by atoms with E-state index in [9.17, 15) is 9.59 Å². The van der Waals surface area contributed by atoms with Gasteiger partial charge in [0, 0.05) is 32.0 Å². The van der Waals surface area contributed by atoms with E-state index >= 15 is 0 Å². The molecule has 1 unspecified atom stereocenters. The highest BCUT2D eigenvalue weighted by atomic mass is 16.2. The van der Waals surface area contributed by atoms with Crippen molar-refractivity contribution in [2.45, 2.75) is 51.1 Å². The molecule has 2 aliphatic heterocycles. The van der Waals surface area contributed by atoms with Crippen LogP contribution in [-0.2, 0) is 16.1 Å². The second-order valence-electron chi connectivity index (χ2n) is 6.28. The van der Waals surface area contributed by atoms with E-state index in [1.165, 1.54) is 0 Å². The molecule has 2 saturated heterocycles. The summed E-state index contributed by atoms with van der Waals surface area (Å²) in [5.41, 5.74) is -0.586. The molecule has 1 atom stereocenters. The predicted octanol–water partition coefficient (Wildman–Crippen LogP) is 1.28. The molecule has 22 heavy (non-hydrogen) atoms. The van der Waals surface area contributed by atoms with Gasteiger partial charge in [0.1, 0.15) is 12.1 Å². The van der Waals surface area contributed by atoms with E-state index in [-0.39, 0.29) is 18.4 Å². The van der Waals surface area contributed by atoms with Gasteiger partial charge < -0.3 is 9.80 Å². The number of carbonyl (C=O) groups is 2. The summed E-state index contributed by atoms with van der Waals surface area (Å²) < 4.78 is 1.63. The van der Waals surface area contributed by atoms with Crippen LogP contribution in [0.3, 0.4) is 0 Å². The third kappa shape index (κ3) is 2.51. The Balaban J connectivity index is 1.79. The average molecular weight is 304 g/mol. The molecule has 0 bridgehead atoms. The van der Waals surface area contributed by atoms with Crippen LogP contribution in [-0.4, -0.2) is 56.6 Å². The maximum Gasteiger partial charge on any atom is 0.248 e. The first-order valence-electron chi connectivity index (χ1n) is 8.24. The summed E-state index contributed by atoms with van der Waals surface area (Å²) in [6.07, 6.45) is 7.92. The third-order valence-corrected chi connectivity index (χ3v) is 4.84.